The molecule has 1 unspecified atom stereocenters. The van der Waals surface area contributed by atoms with Crippen molar-refractivity contribution >= 4 is 11.6 Å². The molecule has 0 spiro atoms. The Hall–Kier alpha value is -1.35. The summed E-state index contributed by atoms with van der Waals surface area (Å²) in [4.78, 5) is 14.7. The van der Waals surface area contributed by atoms with Crippen LogP contribution in [0.3, 0.4) is 0 Å². The molecule has 3 nitrogen and oxygen atoms in total. The monoisotopic (exact) mass is 260 g/mol. The Labute approximate surface area is 116 Å². The van der Waals surface area contributed by atoms with Gasteiger partial charge in [0.1, 0.15) is 0 Å². The van der Waals surface area contributed by atoms with E-state index in [1.165, 1.54) is 5.56 Å². The first kappa shape index (κ1) is 14.1. The van der Waals surface area contributed by atoms with Crippen LogP contribution in [0.4, 0.5) is 5.69 Å². The highest BCUT2D eigenvalue weighted by molar-refractivity contribution is 6.00. The lowest BCUT2D eigenvalue weighted by molar-refractivity contribution is -0.123. The molecule has 1 aliphatic heterocycles. The maximum absolute atomic E-state index is 12.7. The van der Waals surface area contributed by atoms with Crippen LogP contribution in [0.2, 0.25) is 0 Å². The topological polar surface area (TPSA) is 32.3 Å². The van der Waals surface area contributed by atoms with E-state index in [2.05, 4.69) is 31.3 Å². The molecule has 0 aromatic heterocycles. The molecule has 1 aromatic carbocycles. The highest BCUT2D eigenvalue weighted by atomic mass is 16.2. The summed E-state index contributed by atoms with van der Waals surface area (Å²) >= 11 is 0. The Balaban J connectivity index is 2.40. The van der Waals surface area contributed by atoms with E-state index < -0.39 is 5.54 Å². The molecule has 2 rings (SSSR count). The van der Waals surface area contributed by atoms with Crippen LogP contribution >= 0.6 is 0 Å². The molecule has 104 valence electrons. The molecule has 1 saturated heterocycles. The average molecular weight is 260 g/mol. The lowest BCUT2D eigenvalue weighted by atomic mass is 10.0. The summed E-state index contributed by atoms with van der Waals surface area (Å²) in [5.74, 6) is 0.165. The van der Waals surface area contributed by atoms with E-state index in [1.54, 1.807) is 0 Å². The van der Waals surface area contributed by atoms with Gasteiger partial charge in [-0.25, -0.2) is 0 Å². The maximum atomic E-state index is 12.7. The molecule has 1 fully saturated rings. The van der Waals surface area contributed by atoms with Gasteiger partial charge in [-0.15, -0.1) is 0 Å². The summed E-state index contributed by atoms with van der Waals surface area (Å²) in [5, 5.41) is 3.41. The van der Waals surface area contributed by atoms with Crippen LogP contribution in [0.25, 0.3) is 0 Å². The van der Waals surface area contributed by atoms with Gasteiger partial charge in [-0.05, 0) is 45.2 Å². The van der Waals surface area contributed by atoms with Crippen LogP contribution < -0.4 is 10.2 Å². The van der Waals surface area contributed by atoms with Gasteiger partial charge in [0.05, 0.1) is 5.54 Å². The van der Waals surface area contributed by atoms with Gasteiger partial charge in [-0.3, -0.25) is 4.79 Å². The van der Waals surface area contributed by atoms with E-state index in [9.17, 15) is 4.79 Å². The summed E-state index contributed by atoms with van der Waals surface area (Å²) in [6, 6.07) is 8.57. The minimum atomic E-state index is -0.503. The maximum Gasteiger partial charge on any atom is 0.246 e. The zero-order chi connectivity index (χ0) is 14.0. The second-order valence-electron chi connectivity index (χ2n) is 5.90. The molecular weight excluding hydrogens is 236 g/mol. The van der Waals surface area contributed by atoms with Crippen LogP contribution in [0.5, 0.6) is 0 Å². The molecule has 1 N–H and O–H groups in total. The Kier molecular flexibility index (Phi) is 3.95. The molecule has 1 aliphatic rings. The molecule has 0 radical (unpaired) electrons. The summed E-state index contributed by atoms with van der Waals surface area (Å²) < 4.78 is 0. The molecule has 19 heavy (non-hydrogen) atoms. The van der Waals surface area contributed by atoms with E-state index in [1.807, 2.05) is 30.9 Å². The number of para-hydroxylation sites is 1. The third-order valence-corrected chi connectivity index (χ3v) is 3.84. The van der Waals surface area contributed by atoms with Crippen molar-refractivity contribution in [2.24, 2.45) is 0 Å². The summed E-state index contributed by atoms with van der Waals surface area (Å²) in [6.07, 6.45) is 1.93. The fourth-order valence-corrected chi connectivity index (χ4v) is 2.81. The predicted molar refractivity (Wildman–Crippen MR) is 79.5 cm³/mol. The quantitative estimate of drug-likeness (QED) is 0.886. The van der Waals surface area contributed by atoms with Gasteiger partial charge in [-0.2, -0.15) is 0 Å². The third-order valence-electron chi connectivity index (χ3n) is 3.84. The van der Waals surface area contributed by atoms with Crippen molar-refractivity contribution in [2.75, 3.05) is 11.4 Å². The largest absolute Gasteiger partial charge is 0.311 e. The van der Waals surface area contributed by atoms with Crippen molar-refractivity contribution in [3.63, 3.8) is 0 Å². The minimum Gasteiger partial charge on any atom is -0.311 e. The fraction of sp³-hybridized carbons (Fsp3) is 0.562. The SMILES string of the molecule is CCc1ccccc1N1CCC(C)NC(C)(C)C1=O. The van der Waals surface area contributed by atoms with Crippen LogP contribution in [-0.2, 0) is 11.2 Å². The number of carbonyl (C=O) groups excluding carboxylic acids is 1. The Bertz CT molecular complexity index is 468. The van der Waals surface area contributed by atoms with Crippen LogP contribution in [0, 0.1) is 0 Å². The first-order chi connectivity index (χ1) is 8.95. The second kappa shape index (κ2) is 5.33. The van der Waals surface area contributed by atoms with Gasteiger partial charge >= 0.3 is 0 Å². The zero-order valence-corrected chi connectivity index (χ0v) is 12.4. The average Bonchev–Trinajstić information content (AvgIpc) is 2.47. The van der Waals surface area contributed by atoms with Gasteiger partial charge in [-0.1, -0.05) is 25.1 Å². The smallest absolute Gasteiger partial charge is 0.246 e. The number of anilines is 1. The van der Waals surface area contributed by atoms with E-state index in [0.29, 0.717) is 6.04 Å². The number of hydrogen-bond acceptors (Lipinski definition) is 2. The highest BCUT2D eigenvalue weighted by Gasteiger charge is 2.36. The number of benzene rings is 1. The molecule has 0 aliphatic carbocycles. The zero-order valence-electron chi connectivity index (χ0n) is 12.4. The number of carbonyl (C=O) groups is 1. The van der Waals surface area contributed by atoms with Gasteiger partial charge in [0, 0.05) is 18.3 Å². The van der Waals surface area contributed by atoms with Gasteiger partial charge in [0.2, 0.25) is 5.91 Å². The molecule has 0 bridgehead atoms. The number of hydrogen-bond donors (Lipinski definition) is 1. The molecule has 1 aromatic rings. The van der Waals surface area contributed by atoms with Crippen molar-refractivity contribution in [1.82, 2.24) is 5.32 Å². The third kappa shape index (κ3) is 2.81. The standard InChI is InChI=1S/C16H24N2O/c1-5-13-8-6-7-9-14(13)18-11-10-12(2)17-16(3,4)15(18)19/h6-9,12,17H,5,10-11H2,1-4H3. The highest BCUT2D eigenvalue weighted by Crippen LogP contribution is 2.26. The summed E-state index contributed by atoms with van der Waals surface area (Å²) in [7, 11) is 0. The Morgan fingerprint density at radius 1 is 1.37 bits per heavy atom. The molecule has 1 heterocycles. The summed E-state index contributed by atoms with van der Waals surface area (Å²) in [6.45, 7) is 9.00. The normalized spacial score (nSPS) is 23.3. The van der Waals surface area contributed by atoms with Crippen LogP contribution in [0.15, 0.2) is 24.3 Å². The van der Waals surface area contributed by atoms with Crippen LogP contribution in [-0.4, -0.2) is 24.0 Å². The lowest BCUT2D eigenvalue weighted by Gasteiger charge is -2.31. The van der Waals surface area contributed by atoms with E-state index >= 15 is 0 Å². The van der Waals surface area contributed by atoms with E-state index in [-0.39, 0.29) is 5.91 Å². The predicted octanol–water partition coefficient (Wildman–Crippen LogP) is 2.74. The number of rotatable bonds is 2. The van der Waals surface area contributed by atoms with Crippen LogP contribution in [0.1, 0.15) is 39.7 Å². The first-order valence-electron chi connectivity index (χ1n) is 7.13. The lowest BCUT2D eigenvalue weighted by Crippen LogP contribution is -2.53. The number of amides is 1. The molecule has 0 saturated carbocycles. The Morgan fingerprint density at radius 2 is 2.05 bits per heavy atom. The van der Waals surface area contributed by atoms with Crippen molar-refractivity contribution in [3.05, 3.63) is 29.8 Å². The van der Waals surface area contributed by atoms with Crippen molar-refractivity contribution in [1.29, 1.82) is 0 Å². The van der Waals surface area contributed by atoms with Crippen molar-refractivity contribution in [2.45, 2.75) is 52.1 Å². The fourth-order valence-electron chi connectivity index (χ4n) is 2.81. The Morgan fingerprint density at radius 3 is 2.74 bits per heavy atom. The molecule has 1 atom stereocenters. The molecule has 1 amide bonds. The van der Waals surface area contributed by atoms with Gasteiger partial charge in [0.15, 0.2) is 0 Å². The van der Waals surface area contributed by atoms with Gasteiger partial charge in [0.25, 0.3) is 0 Å². The number of nitrogens with zero attached hydrogens (tertiary/aromatic N) is 1. The minimum absolute atomic E-state index is 0.165. The van der Waals surface area contributed by atoms with Crippen molar-refractivity contribution < 1.29 is 4.79 Å². The van der Waals surface area contributed by atoms with E-state index in [4.69, 9.17) is 0 Å². The summed E-state index contributed by atoms with van der Waals surface area (Å²) in [5.41, 5.74) is 1.80. The second-order valence-corrected chi connectivity index (χ2v) is 5.90. The number of aryl methyl sites for hydroxylation is 1. The molecule has 3 heteroatoms. The van der Waals surface area contributed by atoms with Crippen molar-refractivity contribution in [3.8, 4) is 0 Å². The van der Waals surface area contributed by atoms with Gasteiger partial charge < -0.3 is 10.2 Å². The number of nitrogens with one attached hydrogen (secondary N) is 1. The molecular formula is C16H24N2O. The first-order valence-corrected chi connectivity index (χ1v) is 7.13. The van der Waals surface area contributed by atoms with E-state index in [0.717, 1.165) is 25.1 Å².